The lowest BCUT2D eigenvalue weighted by Gasteiger charge is -2.36. The lowest BCUT2D eigenvalue weighted by atomic mass is 10.1. The fraction of sp³-hybridized carbons (Fsp3) is 0.389. The van der Waals surface area contributed by atoms with Crippen molar-refractivity contribution in [1.29, 1.82) is 0 Å². The molecule has 1 aromatic heterocycles. The Balaban J connectivity index is 1.93. The summed E-state index contributed by atoms with van der Waals surface area (Å²) in [5.74, 6) is -1.70. The van der Waals surface area contributed by atoms with Crippen LogP contribution in [0, 0.1) is 0 Å². The van der Waals surface area contributed by atoms with E-state index >= 15 is 0 Å². The highest BCUT2D eigenvalue weighted by Crippen LogP contribution is 2.29. The van der Waals surface area contributed by atoms with Crippen LogP contribution in [0.5, 0.6) is 0 Å². The molecular formula is C18H21NO6S. The van der Waals surface area contributed by atoms with Gasteiger partial charge in [-0.05, 0) is 30.7 Å². The number of ether oxygens (including phenoxy) is 3. The quantitative estimate of drug-likeness (QED) is 0.714. The van der Waals surface area contributed by atoms with Gasteiger partial charge in [0.25, 0.3) is 10.0 Å². The van der Waals surface area contributed by atoms with E-state index in [1.165, 1.54) is 29.4 Å². The van der Waals surface area contributed by atoms with E-state index < -0.39 is 21.8 Å². The molecule has 0 saturated carbocycles. The third kappa shape index (κ3) is 3.82. The van der Waals surface area contributed by atoms with E-state index in [1.807, 2.05) is 0 Å². The molecule has 1 aliphatic heterocycles. The minimum absolute atomic E-state index is 0.111. The first kappa shape index (κ1) is 18.6. The minimum Gasteiger partial charge on any atom is -0.469 e. The second-order valence-electron chi connectivity index (χ2n) is 6.00. The number of hydrogen-bond donors (Lipinski definition) is 0. The molecule has 0 spiro atoms. The van der Waals surface area contributed by atoms with E-state index in [2.05, 4.69) is 0 Å². The molecule has 1 aliphatic rings. The van der Waals surface area contributed by atoms with Crippen molar-refractivity contribution >= 4 is 16.0 Å². The molecule has 0 radical (unpaired) electrons. The number of carbonyl (C=O) groups is 1. The predicted molar refractivity (Wildman–Crippen MR) is 93.0 cm³/mol. The van der Waals surface area contributed by atoms with Crippen LogP contribution in [-0.2, 0) is 35.4 Å². The van der Waals surface area contributed by atoms with Crippen molar-refractivity contribution in [2.75, 3.05) is 20.3 Å². The van der Waals surface area contributed by atoms with Gasteiger partial charge in [0.05, 0.1) is 31.6 Å². The average molecular weight is 379 g/mol. The maximum atomic E-state index is 12.9. The summed E-state index contributed by atoms with van der Waals surface area (Å²) < 4.78 is 43.3. The molecule has 0 N–H and O–H groups in total. The topological polar surface area (TPSA) is 83.8 Å². The van der Waals surface area contributed by atoms with Gasteiger partial charge in [-0.2, -0.15) is 0 Å². The molecule has 7 nitrogen and oxygen atoms in total. The molecule has 8 heteroatoms. The standard InChI is InChI=1S/C18H21NO6S/c1-23-17(20)14-18(24-11-6-12-25-18)13-15-7-5-10-19(15)26(21,22)16-8-3-2-4-9-16/h2-5,7-10H,6,11-14H2,1H3. The minimum atomic E-state index is -3.75. The van der Waals surface area contributed by atoms with Crippen molar-refractivity contribution in [3.63, 3.8) is 0 Å². The Morgan fingerprint density at radius 2 is 1.85 bits per heavy atom. The van der Waals surface area contributed by atoms with E-state index in [9.17, 15) is 13.2 Å². The third-order valence-electron chi connectivity index (χ3n) is 4.20. The van der Waals surface area contributed by atoms with E-state index in [1.54, 1.807) is 30.3 Å². The van der Waals surface area contributed by atoms with Crippen LogP contribution in [0.15, 0.2) is 53.6 Å². The van der Waals surface area contributed by atoms with Crippen molar-refractivity contribution in [2.45, 2.75) is 29.9 Å². The molecule has 1 aromatic carbocycles. The van der Waals surface area contributed by atoms with Gasteiger partial charge in [0.2, 0.25) is 0 Å². The van der Waals surface area contributed by atoms with Crippen molar-refractivity contribution in [1.82, 2.24) is 3.97 Å². The lowest BCUT2D eigenvalue weighted by molar-refractivity contribution is -0.269. The first-order valence-corrected chi connectivity index (χ1v) is 9.72. The molecule has 0 bridgehead atoms. The Bertz CT molecular complexity index is 853. The number of nitrogens with zero attached hydrogens (tertiary/aromatic N) is 1. The van der Waals surface area contributed by atoms with Crippen molar-refractivity contribution in [3.05, 3.63) is 54.4 Å². The van der Waals surface area contributed by atoms with Gasteiger partial charge in [-0.3, -0.25) is 4.79 Å². The number of aromatic nitrogens is 1. The Labute approximate surface area is 152 Å². The van der Waals surface area contributed by atoms with Crippen molar-refractivity contribution in [2.24, 2.45) is 0 Å². The summed E-state index contributed by atoms with van der Waals surface area (Å²) in [6.07, 6.45) is 2.19. The van der Waals surface area contributed by atoms with Gasteiger partial charge in [-0.15, -0.1) is 0 Å². The summed E-state index contributed by atoms with van der Waals surface area (Å²) in [4.78, 5) is 12.0. The predicted octanol–water partition coefficient (Wildman–Crippen LogP) is 1.96. The fourth-order valence-corrected chi connectivity index (χ4v) is 4.32. The van der Waals surface area contributed by atoms with Crippen LogP contribution in [0.4, 0.5) is 0 Å². The SMILES string of the molecule is COC(=O)CC1(Cc2cccn2S(=O)(=O)c2ccccc2)OCCCO1. The van der Waals surface area contributed by atoms with Crippen LogP contribution in [0.25, 0.3) is 0 Å². The summed E-state index contributed by atoms with van der Waals surface area (Å²) >= 11 is 0. The number of methoxy groups -OCH3 is 1. The molecule has 2 aromatic rings. The van der Waals surface area contributed by atoms with Crippen LogP contribution >= 0.6 is 0 Å². The van der Waals surface area contributed by atoms with Crippen LogP contribution in [0.1, 0.15) is 18.5 Å². The van der Waals surface area contributed by atoms with Gasteiger partial charge in [0.1, 0.15) is 0 Å². The molecule has 2 heterocycles. The molecule has 140 valence electrons. The van der Waals surface area contributed by atoms with Gasteiger partial charge >= 0.3 is 5.97 Å². The number of benzene rings is 1. The monoisotopic (exact) mass is 379 g/mol. The van der Waals surface area contributed by atoms with Crippen LogP contribution < -0.4 is 0 Å². The summed E-state index contributed by atoms with van der Waals surface area (Å²) in [5.41, 5.74) is 0.472. The highest BCUT2D eigenvalue weighted by atomic mass is 32.2. The largest absolute Gasteiger partial charge is 0.469 e. The summed E-state index contributed by atoms with van der Waals surface area (Å²) in [6.45, 7) is 0.867. The molecule has 26 heavy (non-hydrogen) atoms. The molecular weight excluding hydrogens is 358 g/mol. The number of rotatable bonds is 6. The highest BCUT2D eigenvalue weighted by Gasteiger charge is 2.39. The molecule has 3 rings (SSSR count). The van der Waals surface area contributed by atoms with Gasteiger partial charge < -0.3 is 14.2 Å². The van der Waals surface area contributed by atoms with E-state index in [-0.39, 0.29) is 17.7 Å². The van der Waals surface area contributed by atoms with E-state index in [0.29, 0.717) is 25.3 Å². The van der Waals surface area contributed by atoms with E-state index in [4.69, 9.17) is 14.2 Å². The highest BCUT2D eigenvalue weighted by molar-refractivity contribution is 7.90. The summed E-state index contributed by atoms with van der Waals surface area (Å²) in [7, 11) is -2.46. The zero-order valence-corrected chi connectivity index (χ0v) is 15.3. The first-order chi connectivity index (χ1) is 12.5. The van der Waals surface area contributed by atoms with Gasteiger partial charge in [0.15, 0.2) is 5.79 Å². The van der Waals surface area contributed by atoms with Crippen LogP contribution in [0.2, 0.25) is 0 Å². The third-order valence-corrected chi connectivity index (χ3v) is 5.95. The second-order valence-corrected chi connectivity index (χ2v) is 7.82. The van der Waals surface area contributed by atoms with Crippen LogP contribution in [0.3, 0.4) is 0 Å². The Hall–Kier alpha value is -2.16. The molecule has 0 unspecified atom stereocenters. The zero-order chi connectivity index (χ0) is 18.6. The number of carbonyl (C=O) groups excluding carboxylic acids is 1. The number of esters is 1. The second kappa shape index (κ2) is 7.61. The molecule has 1 saturated heterocycles. The summed E-state index contributed by atoms with van der Waals surface area (Å²) in [5, 5.41) is 0. The van der Waals surface area contributed by atoms with Crippen molar-refractivity contribution < 1.29 is 27.4 Å². The van der Waals surface area contributed by atoms with Crippen molar-refractivity contribution in [3.8, 4) is 0 Å². The smallest absolute Gasteiger partial charge is 0.311 e. The van der Waals surface area contributed by atoms with Gasteiger partial charge in [0, 0.05) is 18.3 Å². The maximum Gasteiger partial charge on any atom is 0.311 e. The summed E-state index contributed by atoms with van der Waals surface area (Å²) in [6, 6.07) is 11.5. The number of hydrogen-bond acceptors (Lipinski definition) is 6. The molecule has 0 atom stereocenters. The molecule has 0 aliphatic carbocycles. The van der Waals surface area contributed by atoms with Crippen LogP contribution in [-0.4, -0.2) is 44.5 Å². The maximum absolute atomic E-state index is 12.9. The fourth-order valence-electron chi connectivity index (χ4n) is 2.93. The lowest BCUT2D eigenvalue weighted by Crippen LogP contribution is -2.45. The Morgan fingerprint density at radius 3 is 2.50 bits per heavy atom. The zero-order valence-electron chi connectivity index (χ0n) is 14.5. The normalized spacial score (nSPS) is 17.0. The molecule has 0 amide bonds. The first-order valence-electron chi connectivity index (χ1n) is 8.28. The van der Waals surface area contributed by atoms with Gasteiger partial charge in [-0.1, -0.05) is 18.2 Å². The van der Waals surface area contributed by atoms with E-state index in [0.717, 1.165) is 0 Å². The Morgan fingerprint density at radius 1 is 1.15 bits per heavy atom. The Kier molecular flexibility index (Phi) is 5.45. The average Bonchev–Trinajstić information content (AvgIpc) is 3.11. The molecule has 1 fully saturated rings. The van der Waals surface area contributed by atoms with Gasteiger partial charge in [-0.25, -0.2) is 12.4 Å².